The highest BCUT2D eigenvalue weighted by Gasteiger charge is 2.22. The monoisotopic (exact) mass is 251 g/mol. The Labute approximate surface area is 108 Å². The van der Waals surface area contributed by atoms with Gasteiger partial charge in [-0.25, -0.2) is 4.79 Å². The molecule has 0 aliphatic carbocycles. The Morgan fingerprint density at radius 3 is 3.06 bits per heavy atom. The van der Waals surface area contributed by atoms with Crippen LogP contribution >= 0.6 is 0 Å². The second kappa shape index (κ2) is 6.05. The number of carbonyl (C=O) groups is 1. The van der Waals surface area contributed by atoms with E-state index in [0.717, 1.165) is 18.8 Å². The molecular formula is C14H21NO3. The van der Waals surface area contributed by atoms with Crippen LogP contribution in [-0.4, -0.2) is 28.6 Å². The number of hydrogen-bond donors (Lipinski definition) is 1. The molecule has 1 unspecified atom stereocenters. The fourth-order valence-corrected chi connectivity index (χ4v) is 2.70. The van der Waals surface area contributed by atoms with Gasteiger partial charge in [0.2, 0.25) is 0 Å². The summed E-state index contributed by atoms with van der Waals surface area (Å²) in [7, 11) is 0. The van der Waals surface area contributed by atoms with Gasteiger partial charge in [0.1, 0.15) is 12.0 Å². The van der Waals surface area contributed by atoms with Gasteiger partial charge >= 0.3 is 5.97 Å². The van der Waals surface area contributed by atoms with Crippen LogP contribution in [0.15, 0.2) is 16.7 Å². The molecule has 1 aromatic rings. The lowest BCUT2D eigenvalue weighted by molar-refractivity contribution is 0.0696. The maximum Gasteiger partial charge on any atom is 0.338 e. The fraction of sp³-hybridized carbons (Fsp3) is 0.643. The van der Waals surface area contributed by atoms with Crippen LogP contribution in [0.25, 0.3) is 0 Å². The number of piperidine rings is 1. The van der Waals surface area contributed by atoms with Crippen LogP contribution in [0.3, 0.4) is 0 Å². The van der Waals surface area contributed by atoms with E-state index >= 15 is 0 Å². The van der Waals surface area contributed by atoms with E-state index in [1.807, 2.05) is 0 Å². The van der Waals surface area contributed by atoms with E-state index in [1.165, 1.54) is 38.4 Å². The molecule has 1 aliphatic rings. The molecule has 1 N–H and O–H groups in total. The van der Waals surface area contributed by atoms with Gasteiger partial charge in [-0.05, 0) is 31.9 Å². The van der Waals surface area contributed by atoms with E-state index in [2.05, 4.69) is 11.8 Å². The summed E-state index contributed by atoms with van der Waals surface area (Å²) in [4.78, 5) is 13.2. The van der Waals surface area contributed by atoms with Crippen LogP contribution in [-0.2, 0) is 6.54 Å². The molecule has 1 atom stereocenters. The first-order chi connectivity index (χ1) is 8.70. The van der Waals surface area contributed by atoms with Crippen LogP contribution in [0.4, 0.5) is 0 Å². The molecule has 4 nitrogen and oxygen atoms in total. The lowest BCUT2D eigenvalue weighted by Crippen LogP contribution is -2.38. The fourth-order valence-electron chi connectivity index (χ4n) is 2.70. The van der Waals surface area contributed by atoms with Crippen molar-refractivity contribution in [2.75, 3.05) is 6.54 Å². The minimum absolute atomic E-state index is 0.244. The van der Waals surface area contributed by atoms with Crippen LogP contribution in [0.2, 0.25) is 0 Å². The average molecular weight is 251 g/mol. The van der Waals surface area contributed by atoms with E-state index in [-0.39, 0.29) is 5.56 Å². The summed E-state index contributed by atoms with van der Waals surface area (Å²) >= 11 is 0. The van der Waals surface area contributed by atoms with Crippen molar-refractivity contribution in [3.63, 3.8) is 0 Å². The normalized spacial score (nSPS) is 21.1. The lowest BCUT2D eigenvalue weighted by Gasteiger charge is -2.35. The highest BCUT2D eigenvalue weighted by atomic mass is 16.4. The first-order valence-corrected chi connectivity index (χ1v) is 6.75. The van der Waals surface area contributed by atoms with E-state index in [9.17, 15) is 4.79 Å². The van der Waals surface area contributed by atoms with Gasteiger partial charge in [0.25, 0.3) is 0 Å². The second-order valence-electron chi connectivity index (χ2n) is 5.02. The standard InChI is InChI=1S/C14H21NO3/c1-2-5-12-6-3-4-7-15(12)9-13-8-11(10-18-13)14(16)17/h8,10,12H,2-7,9H2,1H3,(H,16,17). The predicted octanol–water partition coefficient (Wildman–Crippen LogP) is 3.13. The summed E-state index contributed by atoms with van der Waals surface area (Å²) in [5.41, 5.74) is 0.244. The largest absolute Gasteiger partial charge is 0.478 e. The molecule has 100 valence electrons. The van der Waals surface area contributed by atoms with Crippen molar-refractivity contribution >= 4 is 5.97 Å². The van der Waals surface area contributed by atoms with Crippen molar-refractivity contribution in [3.8, 4) is 0 Å². The molecule has 18 heavy (non-hydrogen) atoms. The van der Waals surface area contributed by atoms with E-state index < -0.39 is 5.97 Å². The van der Waals surface area contributed by atoms with Crippen LogP contribution in [0.5, 0.6) is 0 Å². The van der Waals surface area contributed by atoms with Gasteiger partial charge in [-0.15, -0.1) is 0 Å². The number of rotatable bonds is 5. The van der Waals surface area contributed by atoms with Crippen molar-refractivity contribution < 1.29 is 14.3 Å². The first kappa shape index (κ1) is 13.1. The topological polar surface area (TPSA) is 53.7 Å². The zero-order chi connectivity index (χ0) is 13.0. The first-order valence-electron chi connectivity index (χ1n) is 6.75. The highest BCUT2D eigenvalue weighted by Crippen LogP contribution is 2.23. The second-order valence-corrected chi connectivity index (χ2v) is 5.02. The van der Waals surface area contributed by atoms with E-state index in [1.54, 1.807) is 6.07 Å². The Hall–Kier alpha value is -1.29. The molecule has 0 spiro atoms. The van der Waals surface area contributed by atoms with Crippen molar-refractivity contribution in [1.82, 2.24) is 4.90 Å². The highest BCUT2D eigenvalue weighted by molar-refractivity contribution is 5.87. The average Bonchev–Trinajstić information content (AvgIpc) is 2.81. The molecule has 0 amide bonds. The van der Waals surface area contributed by atoms with Crippen molar-refractivity contribution in [2.45, 2.75) is 51.6 Å². The molecule has 1 saturated heterocycles. The lowest BCUT2D eigenvalue weighted by atomic mass is 9.98. The third kappa shape index (κ3) is 3.13. The number of carboxylic acid groups (broad SMARTS) is 1. The molecule has 0 bridgehead atoms. The predicted molar refractivity (Wildman–Crippen MR) is 68.6 cm³/mol. The summed E-state index contributed by atoms with van der Waals surface area (Å²) in [6, 6.07) is 2.27. The zero-order valence-corrected chi connectivity index (χ0v) is 10.9. The van der Waals surface area contributed by atoms with E-state index in [4.69, 9.17) is 9.52 Å². The zero-order valence-electron chi connectivity index (χ0n) is 10.9. The number of likely N-dealkylation sites (tertiary alicyclic amines) is 1. The molecule has 2 heterocycles. The van der Waals surface area contributed by atoms with Crippen molar-refractivity contribution in [1.29, 1.82) is 0 Å². The van der Waals surface area contributed by atoms with Gasteiger partial charge in [0.05, 0.1) is 12.1 Å². The summed E-state index contributed by atoms with van der Waals surface area (Å²) < 4.78 is 5.33. The van der Waals surface area contributed by atoms with Gasteiger partial charge in [-0.2, -0.15) is 0 Å². The minimum atomic E-state index is -0.922. The van der Waals surface area contributed by atoms with Gasteiger partial charge in [-0.1, -0.05) is 19.8 Å². The third-order valence-corrected chi connectivity index (χ3v) is 3.63. The molecule has 1 aromatic heterocycles. The number of furan rings is 1. The molecule has 4 heteroatoms. The third-order valence-electron chi connectivity index (χ3n) is 3.63. The van der Waals surface area contributed by atoms with Crippen molar-refractivity contribution in [3.05, 3.63) is 23.7 Å². The molecule has 0 saturated carbocycles. The molecule has 1 aliphatic heterocycles. The smallest absolute Gasteiger partial charge is 0.338 e. The molecule has 1 fully saturated rings. The number of aromatic carboxylic acids is 1. The molecule has 0 radical (unpaired) electrons. The maximum atomic E-state index is 10.8. The van der Waals surface area contributed by atoms with Crippen LogP contribution in [0.1, 0.15) is 55.1 Å². The Morgan fingerprint density at radius 2 is 2.39 bits per heavy atom. The van der Waals surface area contributed by atoms with Gasteiger partial charge in [0, 0.05) is 6.04 Å². The summed E-state index contributed by atoms with van der Waals surface area (Å²) in [5, 5.41) is 8.87. The van der Waals surface area contributed by atoms with Crippen LogP contribution < -0.4 is 0 Å². The molecule has 2 rings (SSSR count). The molecule has 0 aromatic carbocycles. The Balaban J connectivity index is 1.99. The summed E-state index contributed by atoms with van der Waals surface area (Å²) in [5.74, 6) is -0.163. The summed E-state index contributed by atoms with van der Waals surface area (Å²) in [6.07, 6.45) is 7.52. The maximum absolute atomic E-state index is 10.8. The minimum Gasteiger partial charge on any atom is -0.478 e. The van der Waals surface area contributed by atoms with Crippen molar-refractivity contribution in [2.24, 2.45) is 0 Å². The number of nitrogens with zero attached hydrogens (tertiary/aromatic N) is 1. The quantitative estimate of drug-likeness (QED) is 0.873. The Kier molecular flexibility index (Phi) is 4.42. The Bertz CT molecular complexity index is 397. The van der Waals surface area contributed by atoms with Gasteiger partial charge < -0.3 is 9.52 Å². The SMILES string of the molecule is CCCC1CCCCN1Cc1cc(C(=O)O)co1. The van der Waals surface area contributed by atoms with Gasteiger partial charge in [-0.3, -0.25) is 4.90 Å². The summed E-state index contributed by atoms with van der Waals surface area (Å²) in [6.45, 7) is 4.04. The Morgan fingerprint density at radius 1 is 1.56 bits per heavy atom. The number of carboxylic acids is 1. The van der Waals surface area contributed by atoms with Gasteiger partial charge in [0.15, 0.2) is 0 Å². The van der Waals surface area contributed by atoms with E-state index in [0.29, 0.717) is 6.04 Å². The van der Waals surface area contributed by atoms with Crippen LogP contribution in [0, 0.1) is 0 Å². The number of hydrogen-bond acceptors (Lipinski definition) is 3. The molecular weight excluding hydrogens is 230 g/mol.